The number of hydrogen-bond acceptors (Lipinski definition) is 10. The number of nitrogens with zero attached hydrogens (tertiary/aromatic N) is 3. The van der Waals surface area contributed by atoms with Gasteiger partial charge in [0.15, 0.2) is 0 Å². The molecule has 3 aromatic rings. The summed E-state index contributed by atoms with van der Waals surface area (Å²) in [5.41, 5.74) is 2.94. The Morgan fingerprint density at radius 1 is 1.05 bits per heavy atom. The molecule has 5 aliphatic heterocycles. The zero-order chi connectivity index (χ0) is 42.2. The third-order valence-corrected chi connectivity index (χ3v) is 15.6. The van der Waals surface area contributed by atoms with Gasteiger partial charge < -0.3 is 33.9 Å². The van der Waals surface area contributed by atoms with Gasteiger partial charge in [0.25, 0.3) is 0 Å². The van der Waals surface area contributed by atoms with Crippen molar-refractivity contribution in [3.8, 4) is 5.75 Å². The van der Waals surface area contributed by atoms with Crippen LogP contribution < -0.4 is 9.64 Å². The van der Waals surface area contributed by atoms with Gasteiger partial charge in [-0.3, -0.25) is 19.4 Å². The lowest BCUT2D eigenvalue weighted by Crippen LogP contribution is -2.80. The zero-order valence-corrected chi connectivity index (χ0v) is 36.6. The normalized spacial score (nSPS) is 34.1. The number of ether oxygens (including phenoxy) is 4. The highest BCUT2D eigenvalue weighted by molar-refractivity contribution is 5.94. The minimum Gasteiger partial charge on any atom is -0.496 e. The fourth-order valence-corrected chi connectivity index (χ4v) is 13.5. The zero-order valence-electron chi connectivity index (χ0n) is 36.6. The van der Waals surface area contributed by atoms with Gasteiger partial charge in [0.1, 0.15) is 22.9 Å². The summed E-state index contributed by atoms with van der Waals surface area (Å²) >= 11 is 0. The molecular formula is C49H64N4O7. The van der Waals surface area contributed by atoms with E-state index >= 15 is 4.79 Å². The van der Waals surface area contributed by atoms with E-state index < -0.39 is 40.0 Å². The van der Waals surface area contributed by atoms with Crippen LogP contribution >= 0.6 is 0 Å². The van der Waals surface area contributed by atoms with Gasteiger partial charge in [-0.1, -0.05) is 69.2 Å². The molecule has 0 amide bonds. The van der Waals surface area contributed by atoms with Gasteiger partial charge in [0.05, 0.1) is 26.9 Å². The number of hydrogen-bond donors (Lipinski definition) is 2. The number of unbranched alkanes of at least 4 members (excludes halogenated alkanes) is 1. The number of H-pyrrole nitrogens is 1. The van der Waals surface area contributed by atoms with E-state index in [1.54, 1.807) is 7.11 Å². The molecule has 6 aliphatic rings. The van der Waals surface area contributed by atoms with E-state index in [9.17, 15) is 9.90 Å². The van der Waals surface area contributed by atoms with E-state index in [-0.39, 0.29) is 24.5 Å². The van der Waals surface area contributed by atoms with Gasteiger partial charge in [-0.25, -0.2) is 0 Å². The molecule has 1 saturated heterocycles. The largest absolute Gasteiger partial charge is 0.496 e. The average Bonchev–Trinajstić information content (AvgIpc) is 3.92. The number of carbonyl (C=O) groups excluding carboxylic acids is 2. The number of methoxy groups -OCH3 is 2. The van der Waals surface area contributed by atoms with Crippen LogP contribution in [0, 0.1) is 11.3 Å². The second kappa shape index (κ2) is 15.3. The molecule has 11 nitrogen and oxygen atoms in total. The van der Waals surface area contributed by atoms with Crippen molar-refractivity contribution >= 4 is 28.5 Å². The fourth-order valence-electron chi connectivity index (χ4n) is 13.5. The maximum Gasteiger partial charge on any atom is 0.322 e. The van der Waals surface area contributed by atoms with E-state index in [4.69, 9.17) is 18.9 Å². The summed E-state index contributed by atoms with van der Waals surface area (Å²) in [7, 11) is 5.25. The molecular weight excluding hydrogens is 757 g/mol. The van der Waals surface area contributed by atoms with Crippen LogP contribution in [0.5, 0.6) is 5.75 Å². The minimum absolute atomic E-state index is 0.0107. The summed E-state index contributed by atoms with van der Waals surface area (Å²) in [6.07, 6.45) is 11.4. The van der Waals surface area contributed by atoms with Crippen molar-refractivity contribution in [2.45, 2.75) is 107 Å². The number of aromatic amines is 1. The first kappa shape index (κ1) is 41.2. The van der Waals surface area contributed by atoms with Gasteiger partial charge in [-0.15, -0.1) is 0 Å². The Morgan fingerprint density at radius 2 is 1.87 bits per heavy atom. The lowest BCUT2D eigenvalue weighted by Gasteiger charge is -2.64. The molecule has 60 heavy (non-hydrogen) atoms. The van der Waals surface area contributed by atoms with Crippen molar-refractivity contribution in [1.82, 2.24) is 14.8 Å². The van der Waals surface area contributed by atoms with Gasteiger partial charge in [0, 0.05) is 97.5 Å². The molecule has 6 heterocycles. The maximum absolute atomic E-state index is 15.4. The van der Waals surface area contributed by atoms with E-state index in [1.165, 1.54) is 19.6 Å². The minimum atomic E-state index is -1.60. The number of likely N-dealkylation sites (N-methyl/N-ethyl adjacent to an activating group) is 1. The maximum atomic E-state index is 15.4. The SMILES string of the molecule is CCCCOC[C@@]1(O)[C@H](OC(C)=O)[C@]2(CC)C=CCN3CC[C@@]4(c5cc([C@@]6(C(=O)OC)C[C@@H]7C=C(CC)CN(CCc8c6[nH]c6ccccc86)C7)c(OC)cc5N(C)[C@@H]14)C32. The Morgan fingerprint density at radius 3 is 2.60 bits per heavy atom. The van der Waals surface area contributed by atoms with Crippen LogP contribution in [-0.2, 0) is 41.1 Å². The molecule has 322 valence electrons. The molecule has 2 fully saturated rings. The first-order chi connectivity index (χ1) is 29.0. The number of rotatable bonds is 11. The van der Waals surface area contributed by atoms with E-state index in [0.29, 0.717) is 25.2 Å². The first-order valence-electron chi connectivity index (χ1n) is 22.4. The number of benzene rings is 2. The second-order valence-electron chi connectivity index (χ2n) is 18.6. The van der Waals surface area contributed by atoms with Gasteiger partial charge >= 0.3 is 11.9 Å². The number of aromatic nitrogens is 1. The third kappa shape index (κ3) is 5.74. The molecule has 1 saturated carbocycles. The van der Waals surface area contributed by atoms with Crippen LogP contribution in [0.2, 0.25) is 0 Å². The predicted molar refractivity (Wildman–Crippen MR) is 233 cm³/mol. The van der Waals surface area contributed by atoms with Gasteiger partial charge in [-0.2, -0.15) is 0 Å². The topological polar surface area (TPSA) is 117 Å². The summed E-state index contributed by atoms with van der Waals surface area (Å²) in [5, 5.41) is 14.8. The number of esters is 2. The molecule has 2 aromatic carbocycles. The number of nitrogens with one attached hydrogen (secondary N) is 1. The molecule has 1 spiro atoms. The van der Waals surface area contributed by atoms with Crippen molar-refractivity contribution in [2.24, 2.45) is 11.3 Å². The molecule has 0 radical (unpaired) electrons. The smallest absolute Gasteiger partial charge is 0.322 e. The van der Waals surface area contributed by atoms with Gasteiger partial charge in [0.2, 0.25) is 0 Å². The van der Waals surface area contributed by atoms with Gasteiger partial charge in [-0.05, 0) is 74.2 Å². The highest BCUT2D eigenvalue weighted by Crippen LogP contribution is 2.68. The van der Waals surface area contributed by atoms with Crippen molar-refractivity contribution in [1.29, 1.82) is 0 Å². The van der Waals surface area contributed by atoms with E-state index in [2.05, 4.69) is 96.1 Å². The lowest BCUT2D eigenvalue weighted by atomic mass is 9.47. The molecule has 2 unspecified atom stereocenters. The quantitative estimate of drug-likeness (QED) is 0.127. The monoisotopic (exact) mass is 820 g/mol. The standard InChI is InChI=1S/C49H64N4O7/c1-8-11-23-59-30-49(56)43-47(19-22-53-20-14-18-46(10-3,42(47)53)44(49)60-31(4)54)36-25-37(40(57-6)26-39(36)51(43)5)48(45(55)58-7)27-33-24-32(9-2)28-52(29-33)21-17-35-34-15-12-13-16-38(34)50-41(35)48/h12-16,18,24-26,33,42-44,50,56H,8-11,17,19-23,27-30H2,1-7H3/t33-,42?,43+,44+,46+,47+,48-,49-/m0/s1. The molecule has 2 N–H and O–H groups in total. The summed E-state index contributed by atoms with van der Waals surface area (Å²) in [6, 6.07) is 12.1. The highest BCUT2D eigenvalue weighted by atomic mass is 16.6. The predicted octanol–water partition coefficient (Wildman–Crippen LogP) is 6.44. The first-order valence-corrected chi connectivity index (χ1v) is 22.4. The number of fused-ring (bicyclic) bond motifs is 6. The van der Waals surface area contributed by atoms with Crippen molar-refractivity contribution in [2.75, 3.05) is 72.1 Å². The third-order valence-electron chi connectivity index (χ3n) is 15.6. The summed E-state index contributed by atoms with van der Waals surface area (Å²) in [4.78, 5) is 39.7. The van der Waals surface area contributed by atoms with Crippen LogP contribution in [0.25, 0.3) is 10.9 Å². The Labute approximate surface area is 355 Å². The van der Waals surface area contributed by atoms with E-state index in [1.807, 2.05) is 6.07 Å². The number of carbonyl (C=O) groups is 2. The molecule has 9 rings (SSSR count). The van der Waals surface area contributed by atoms with Crippen LogP contribution in [0.4, 0.5) is 5.69 Å². The Balaban J connectivity index is 1.34. The molecule has 1 aromatic heterocycles. The Bertz CT molecular complexity index is 2230. The fraction of sp³-hybridized carbons (Fsp3) is 0.592. The molecule has 9 atom stereocenters. The average molecular weight is 821 g/mol. The van der Waals surface area contributed by atoms with Crippen molar-refractivity contribution in [3.05, 3.63) is 82.6 Å². The number of anilines is 1. The second-order valence-corrected chi connectivity index (χ2v) is 18.6. The molecule has 11 heteroatoms. The Hall–Kier alpha value is -4.16. The van der Waals surface area contributed by atoms with Crippen molar-refractivity contribution in [3.63, 3.8) is 0 Å². The lowest BCUT2D eigenvalue weighted by molar-refractivity contribution is -0.233. The van der Waals surface area contributed by atoms with Crippen LogP contribution in [0.15, 0.2) is 60.2 Å². The Kier molecular flexibility index (Phi) is 10.5. The van der Waals surface area contributed by atoms with E-state index in [0.717, 1.165) is 104 Å². The number of para-hydroxylation sites is 1. The van der Waals surface area contributed by atoms with Crippen LogP contribution in [-0.4, -0.2) is 123 Å². The summed E-state index contributed by atoms with van der Waals surface area (Å²) in [6.45, 7) is 12.7. The number of aliphatic hydroxyl groups is 1. The highest BCUT2D eigenvalue weighted by Gasteiger charge is 2.78. The van der Waals surface area contributed by atoms with Crippen LogP contribution in [0.3, 0.4) is 0 Å². The molecule has 2 bridgehead atoms. The summed E-state index contributed by atoms with van der Waals surface area (Å²) < 4.78 is 25.4. The van der Waals surface area contributed by atoms with Crippen molar-refractivity contribution < 1.29 is 33.6 Å². The van der Waals surface area contributed by atoms with Crippen LogP contribution in [0.1, 0.15) is 88.6 Å². The molecule has 1 aliphatic carbocycles. The summed E-state index contributed by atoms with van der Waals surface area (Å²) in [5.74, 6) is -0.0830.